The molecular weight excluding hydrogens is 324 g/mol. The zero-order valence-electron chi connectivity index (χ0n) is 13.6. The predicted molar refractivity (Wildman–Crippen MR) is 97.0 cm³/mol. The number of esters is 1. The first-order valence-electron chi connectivity index (χ1n) is 7.85. The Bertz CT molecular complexity index is 959. The minimum Gasteiger partial charge on any atom is -0.462 e. The fourth-order valence-corrected chi connectivity index (χ4v) is 2.92. The van der Waals surface area contributed by atoms with Crippen LogP contribution in [0, 0.1) is 0 Å². The molecule has 0 amide bonds. The summed E-state index contributed by atoms with van der Waals surface area (Å²) in [5.74, 6) is -0.397. The van der Waals surface area contributed by atoms with Gasteiger partial charge in [0.1, 0.15) is 11.2 Å². The Hall–Kier alpha value is -2.27. The van der Waals surface area contributed by atoms with Crippen molar-refractivity contribution < 1.29 is 13.9 Å². The number of carbonyl (C=O) groups is 1. The molecule has 0 spiro atoms. The summed E-state index contributed by atoms with van der Waals surface area (Å²) in [4.78, 5) is 25.7. The van der Waals surface area contributed by atoms with Crippen molar-refractivity contribution in [3.8, 4) is 0 Å². The van der Waals surface area contributed by atoms with Crippen LogP contribution in [-0.2, 0) is 4.74 Å². The van der Waals surface area contributed by atoms with Gasteiger partial charge in [-0.2, -0.15) is 0 Å². The van der Waals surface area contributed by atoms with Crippen molar-refractivity contribution in [3.05, 3.63) is 52.2 Å². The Kier molecular flexibility index (Phi) is 4.90. The Labute approximate surface area is 143 Å². The Balaban J connectivity index is 2.05. The van der Waals surface area contributed by atoms with Crippen LogP contribution < -0.4 is 5.43 Å². The second-order valence-corrected chi connectivity index (χ2v) is 6.37. The molecular formula is C19H18O4S. The van der Waals surface area contributed by atoms with E-state index < -0.39 is 5.97 Å². The molecule has 5 heteroatoms. The molecule has 0 aliphatic heterocycles. The summed E-state index contributed by atoms with van der Waals surface area (Å²) in [7, 11) is 0. The second-order valence-electron chi connectivity index (χ2n) is 5.49. The molecule has 0 unspecified atom stereocenters. The van der Waals surface area contributed by atoms with E-state index in [2.05, 4.69) is 0 Å². The molecule has 24 heavy (non-hydrogen) atoms. The van der Waals surface area contributed by atoms with Gasteiger partial charge in [-0.1, -0.05) is 13.3 Å². The normalized spacial score (nSPS) is 11.1. The standard InChI is InChI=1S/C19H18O4S/c1-3-4-9-22-19(21)12-5-7-14-17(10-12)23-16-8-6-13(24-2)11-15(16)18(14)20/h5-8,10-11H,3-4,9H2,1-2H3. The van der Waals surface area contributed by atoms with Gasteiger partial charge in [0, 0.05) is 4.90 Å². The van der Waals surface area contributed by atoms with E-state index in [4.69, 9.17) is 9.15 Å². The Morgan fingerprint density at radius 3 is 2.71 bits per heavy atom. The van der Waals surface area contributed by atoms with Gasteiger partial charge in [-0.25, -0.2) is 4.79 Å². The first-order chi connectivity index (χ1) is 11.6. The first kappa shape index (κ1) is 16.6. The monoisotopic (exact) mass is 342 g/mol. The highest BCUT2D eigenvalue weighted by molar-refractivity contribution is 7.98. The third-order valence-electron chi connectivity index (χ3n) is 3.84. The van der Waals surface area contributed by atoms with Crippen molar-refractivity contribution in [1.29, 1.82) is 0 Å². The zero-order valence-corrected chi connectivity index (χ0v) is 14.4. The lowest BCUT2D eigenvalue weighted by atomic mass is 10.1. The number of unbranched alkanes of at least 4 members (excludes halogenated alkanes) is 1. The molecule has 3 aromatic rings. The molecule has 0 aliphatic carbocycles. The molecule has 0 N–H and O–H groups in total. The number of fused-ring (bicyclic) bond motifs is 2. The van der Waals surface area contributed by atoms with E-state index in [1.165, 1.54) is 0 Å². The van der Waals surface area contributed by atoms with E-state index in [1.807, 2.05) is 25.3 Å². The number of hydrogen-bond donors (Lipinski definition) is 0. The molecule has 0 saturated heterocycles. The minimum atomic E-state index is -0.397. The van der Waals surface area contributed by atoms with Crippen LogP contribution in [0.4, 0.5) is 0 Å². The summed E-state index contributed by atoms with van der Waals surface area (Å²) in [6, 6.07) is 10.3. The van der Waals surface area contributed by atoms with Crippen LogP contribution in [0.3, 0.4) is 0 Å². The van der Waals surface area contributed by atoms with E-state index in [9.17, 15) is 9.59 Å². The fourth-order valence-electron chi connectivity index (χ4n) is 2.48. The van der Waals surface area contributed by atoms with Gasteiger partial charge in [0.2, 0.25) is 5.43 Å². The van der Waals surface area contributed by atoms with Gasteiger partial charge in [0.25, 0.3) is 0 Å². The minimum absolute atomic E-state index is 0.0898. The van der Waals surface area contributed by atoms with Crippen molar-refractivity contribution in [2.75, 3.05) is 12.9 Å². The van der Waals surface area contributed by atoms with Crippen molar-refractivity contribution in [2.24, 2.45) is 0 Å². The molecule has 1 heterocycles. The molecule has 1 aromatic heterocycles. The summed E-state index contributed by atoms with van der Waals surface area (Å²) < 4.78 is 11.0. The summed E-state index contributed by atoms with van der Waals surface area (Å²) >= 11 is 1.57. The van der Waals surface area contributed by atoms with Gasteiger partial charge < -0.3 is 9.15 Å². The van der Waals surface area contributed by atoms with Crippen LogP contribution in [-0.4, -0.2) is 18.8 Å². The summed E-state index contributed by atoms with van der Waals surface area (Å²) in [5, 5.41) is 1.01. The smallest absolute Gasteiger partial charge is 0.338 e. The van der Waals surface area contributed by atoms with Crippen LogP contribution in [0.25, 0.3) is 21.9 Å². The molecule has 4 nitrogen and oxygen atoms in total. The maximum Gasteiger partial charge on any atom is 0.338 e. The van der Waals surface area contributed by atoms with E-state index >= 15 is 0 Å². The molecule has 3 rings (SSSR count). The molecule has 0 atom stereocenters. The number of carbonyl (C=O) groups excluding carboxylic acids is 1. The molecule has 0 fully saturated rings. The number of ether oxygens (including phenoxy) is 1. The number of rotatable bonds is 5. The van der Waals surface area contributed by atoms with E-state index in [1.54, 1.807) is 36.0 Å². The first-order valence-corrected chi connectivity index (χ1v) is 9.08. The van der Waals surface area contributed by atoms with Gasteiger partial charge in [0.15, 0.2) is 0 Å². The van der Waals surface area contributed by atoms with E-state index in [0.29, 0.717) is 34.1 Å². The lowest BCUT2D eigenvalue weighted by molar-refractivity contribution is 0.0500. The van der Waals surface area contributed by atoms with E-state index in [-0.39, 0.29) is 5.43 Å². The summed E-state index contributed by atoms with van der Waals surface area (Å²) in [6.45, 7) is 2.43. The molecule has 0 saturated carbocycles. The molecule has 2 aromatic carbocycles. The van der Waals surface area contributed by atoms with Crippen LogP contribution >= 0.6 is 11.8 Å². The van der Waals surface area contributed by atoms with Crippen molar-refractivity contribution in [3.63, 3.8) is 0 Å². The van der Waals surface area contributed by atoms with Crippen molar-refractivity contribution in [2.45, 2.75) is 24.7 Å². The average Bonchev–Trinajstić information content (AvgIpc) is 2.61. The molecule has 0 bridgehead atoms. The Morgan fingerprint density at radius 2 is 1.96 bits per heavy atom. The van der Waals surface area contributed by atoms with Gasteiger partial charge in [-0.3, -0.25) is 4.79 Å². The van der Waals surface area contributed by atoms with Crippen molar-refractivity contribution in [1.82, 2.24) is 0 Å². The zero-order chi connectivity index (χ0) is 17.1. The Morgan fingerprint density at radius 1 is 1.12 bits per heavy atom. The summed E-state index contributed by atoms with van der Waals surface area (Å²) in [5.41, 5.74) is 1.21. The highest BCUT2D eigenvalue weighted by Crippen LogP contribution is 2.24. The van der Waals surface area contributed by atoms with Gasteiger partial charge in [-0.15, -0.1) is 11.8 Å². The molecule has 0 aliphatic rings. The highest BCUT2D eigenvalue weighted by Gasteiger charge is 2.13. The topological polar surface area (TPSA) is 56.5 Å². The average molecular weight is 342 g/mol. The van der Waals surface area contributed by atoms with Crippen LogP contribution in [0.1, 0.15) is 30.1 Å². The largest absolute Gasteiger partial charge is 0.462 e. The molecule has 124 valence electrons. The number of hydrogen-bond acceptors (Lipinski definition) is 5. The second kappa shape index (κ2) is 7.09. The maximum atomic E-state index is 12.7. The van der Waals surface area contributed by atoms with Crippen LogP contribution in [0.5, 0.6) is 0 Å². The van der Waals surface area contributed by atoms with Gasteiger partial charge in [-0.05, 0) is 49.1 Å². The molecule has 0 radical (unpaired) electrons. The summed E-state index contributed by atoms with van der Waals surface area (Å²) in [6.07, 6.45) is 3.75. The maximum absolute atomic E-state index is 12.7. The lowest BCUT2D eigenvalue weighted by Gasteiger charge is -2.06. The van der Waals surface area contributed by atoms with E-state index in [0.717, 1.165) is 17.7 Å². The predicted octanol–water partition coefficient (Wildman–Crippen LogP) is 4.63. The highest BCUT2D eigenvalue weighted by atomic mass is 32.2. The lowest BCUT2D eigenvalue weighted by Crippen LogP contribution is -2.08. The van der Waals surface area contributed by atoms with Gasteiger partial charge >= 0.3 is 5.97 Å². The third-order valence-corrected chi connectivity index (χ3v) is 4.57. The van der Waals surface area contributed by atoms with Gasteiger partial charge in [0.05, 0.1) is 22.9 Å². The van der Waals surface area contributed by atoms with Crippen LogP contribution in [0.2, 0.25) is 0 Å². The van der Waals surface area contributed by atoms with Crippen molar-refractivity contribution >= 4 is 39.7 Å². The SMILES string of the molecule is CCCCOC(=O)c1ccc2c(=O)c3cc(SC)ccc3oc2c1. The quantitative estimate of drug-likeness (QED) is 0.293. The third kappa shape index (κ3) is 3.17. The van der Waals surface area contributed by atoms with Crippen LogP contribution in [0.15, 0.2) is 50.5 Å². The number of benzene rings is 2. The number of thioether (sulfide) groups is 1. The fraction of sp³-hybridized carbons (Fsp3) is 0.263.